The van der Waals surface area contributed by atoms with Crippen molar-refractivity contribution in [3.63, 3.8) is 0 Å². The summed E-state index contributed by atoms with van der Waals surface area (Å²) >= 11 is 0. The Hall–Kier alpha value is -3.30. The average Bonchev–Trinajstić information content (AvgIpc) is 3.48. The van der Waals surface area contributed by atoms with Crippen molar-refractivity contribution in [2.24, 2.45) is 0 Å². The molecule has 1 saturated heterocycles. The van der Waals surface area contributed by atoms with E-state index in [2.05, 4.69) is 4.90 Å². The first-order valence-electron chi connectivity index (χ1n) is 11.5. The molecule has 0 aliphatic carbocycles. The number of benzene rings is 1. The maximum absolute atomic E-state index is 13.3. The van der Waals surface area contributed by atoms with Gasteiger partial charge in [-0.2, -0.15) is 0 Å². The topological polar surface area (TPSA) is 102 Å². The lowest BCUT2D eigenvalue weighted by molar-refractivity contribution is -0.129. The summed E-state index contributed by atoms with van der Waals surface area (Å²) in [6, 6.07) is 7.61. The second-order valence-corrected chi connectivity index (χ2v) is 8.12. The zero-order chi connectivity index (χ0) is 24.1. The summed E-state index contributed by atoms with van der Waals surface area (Å²) in [6.07, 6.45) is 2.07. The number of amides is 1. The minimum atomic E-state index is -0.778. The third kappa shape index (κ3) is 4.80. The van der Waals surface area contributed by atoms with Crippen molar-refractivity contribution >= 4 is 11.7 Å². The Kier molecular flexibility index (Phi) is 7.54. The van der Waals surface area contributed by atoms with Crippen LogP contribution in [0, 0.1) is 0 Å². The van der Waals surface area contributed by atoms with Gasteiger partial charge in [0, 0.05) is 26.2 Å². The number of ketones is 1. The summed E-state index contributed by atoms with van der Waals surface area (Å²) in [4.78, 5) is 30.2. The van der Waals surface area contributed by atoms with Gasteiger partial charge >= 0.3 is 0 Å². The molecule has 1 N–H and O–H groups in total. The Balaban J connectivity index is 1.65. The van der Waals surface area contributed by atoms with Gasteiger partial charge in [0.25, 0.3) is 5.91 Å². The molecule has 3 heterocycles. The monoisotopic (exact) mass is 470 g/mol. The number of aliphatic hydroxyl groups is 1. The normalized spacial score (nSPS) is 19.1. The van der Waals surface area contributed by atoms with E-state index >= 15 is 0 Å². The van der Waals surface area contributed by atoms with Gasteiger partial charge in [-0.15, -0.1) is 0 Å². The van der Waals surface area contributed by atoms with Crippen molar-refractivity contribution < 1.29 is 33.3 Å². The maximum Gasteiger partial charge on any atom is 0.290 e. The number of carbonyl (C=O) groups is 2. The molecule has 0 bridgehead atoms. The highest BCUT2D eigenvalue weighted by Gasteiger charge is 2.44. The van der Waals surface area contributed by atoms with Crippen molar-refractivity contribution in [1.82, 2.24) is 9.80 Å². The minimum absolute atomic E-state index is 0.00228. The lowest BCUT2D eigenvalue weighted by atomic mass is 9.94. The van der Waals surface area contributed by atoms with Crippen LogP contribution in [0.3, 0.4) is 0 Å². The van der Waals surface area contributed by atoms with Crippen molar-refractivity contribution in [3.8, 4) is 11.5 Å². The first-order chi connectivity index (χ1) is 16.5. The molecule has 0 unspecified atom stereocenters. The van der Waals surface area contributed by atoms with E-state index in [0.29, 0.717) is 49.8 Å². The number of Topliss-reactive ketones (excluding diaryl/α,β-unsaturated/α-hetero) is 1. The van der Waals surface area contributed by atoms with Gasteiger partial charge < -0.3 is 28.6 Å². The van der Waals surface area contributed by atoms with E-state index in [0.717, 1.165) is 19.6 Å². The molecule has 9 nitrogen and oxygen atoms in total. The molecule has 2 aliphatic heterocycles. The second-order valence-electron chi connectivity index (χ2n) is 8.12. The number of methoxy groups -OCH3 is 1. The van der Waals surface area contributed by atoms with Crippen LogP contribution in [-0.4, -0.2) is 79.7 Å². The number of hydrogen-bond acceptors (Lipinski definition) is 8. The molecule has 2 aliphatic rings. The molecular weight excluding hydrogens is 440 g/mol. The van der Waals surface area contributed by atoms with Crippen LogP contribution in [0.15, 0.2) is 52.3 Å². The smallest absolute Gasteiger partial charge is 0.290 e. The summed E-state index contributed by atoms with van der Waals surface area (Å²) < 4.78 is 21.8. The summed E-state index contributed by atoms with van der Waals surface area (Å²) in [5.41, 5.74) is 0.636. The molecule has 0 saturated carbocycles. The Morgan fingerprint density at radius 2 is 1.97 bits per heavy atom. The second kappa shape index (κ2) is 10.8. The number of aliphatic hydroxyl groups excluding tert-OH is 1. The Labute approximate surface area is 198 Å². The van der Waals surface area contributed by atoms with Gasteiger partial charge in [0.1, 0.15) is 0 Å². The lowest BCUT2D eigenvalue weighted by Gasteiger charge is -2.30. The summed E-state index contributed by atoms with van der Waals surface area (Å²) in [5.74, 6) is -0.544. The quantitative estimate of drug-likeness (QED) is 0.529. The lowest BCUT2D eigenvalue weighted by Crippen LogP contribution is -2.39. The van der Waals surface area contributed by atoms with Crippen LogP contribution in [0.2, 0.25) is 0 Å². The molecule has 34 heavy (non-hydrogen) atoms. The fraction of sp³-hybridized carbons (Fsp3) is 0.440. The molecule has 1 amide bonds. The standard InChI is InChI=1S/C25H30N2O7/c1-3-33-18-8-7-17(16-20(18)31-2)22-21(23(28)19-6-4-13-34-19)24(29)25(30)27(22)10-5-9-26-11-14-32-15-12-26/h4,6-8,13,16,22,29H,3,5,9-12,14-15H2,1-2H3/t22-/m1/s1. The number of carbonyl (C=O) groups excluding carboxylic acids is 2. The Morgan fingerprint density at radius 1 is 1.18 bits per heavy atom. The third-order valence-corrected chi connectivity index (χ3v) is 6.07. The molecule has 1 aromatic heterocycles. The number of furan rings is 1. The first-order valence-corrected chi connectivity index (χ1v) is 11.5. The third-order valence-electron chi connectivity index (χ3n) is 6.07. The molecular formula is C25H30N2O7. The van der Waals surface area contributed by atoms with E-state index < -0.39 is 23.5 Å². The summed E-state index contributed by atoms with van der Waals surface area (Å²) in [5, 5.41) is 10.8. The number of morpholine rings is 1. The van der Waals surface area contributed by atoms with E-state index in [1.807, 2.05) is 6.92 Å². The van der Waals surface area contributed by atoms with Crippen LogP contribution in [0.25, 0.3) is 0 Å². The number of nitrogens with zero attached hydrogens (tertiary/aromatic N) is 2. The van der Waals surface area contributed by atoms with Crippen molar-refractivity contribution in [3.05, 3.63) is 59.3 Å². The van der Waals surface area contributed by atoms with Crippen molar-refractivity contribution in [1.29, 1.82) is 0 Å². The Bertz CT molecular complexity index is 1040. The molecule has 4 rings (SSSR count). The highest BCUT2D eigenvalue weighted by Crippen LogP contribution is 2.41. The fourth-order valence-electron chi connectivity index (χ4n) is 4.42. The largest absolute Gasteiger partial charge is 0.503 e. The van der Waals surface area contributed by atoms with Crippen LogP contribution >= 0.6 is 0 Å². The minimum Gasteiger partial charge on any atom is -0.503 e. The van der Waals surface area contributed by atoms with Crippen LogP contribution in [0.4, 0.5) is 0 Å². The van der Waals surface area contributed by atoms with Gasteiger partial charge in [0.05, 0.1) is 44.8 Å². The summed E-state index contributed by atoms with van der Waals surface area (Å²) in [6.45, 7) is 6.58. The van der Waals surface area contributed by atoms with Gasteiger partial charge in [-0.1, -0.05) is 6.07 Å². The number of hydrogen-bond donors (Lipinski definition) is 1. The molecule has 9 heteroatoms. The van der Waals surface area contributed by atoms with Gasteiger partial charge in [-0.05, 0) is 43.2 Å². The molecule has 0 spiro atoms. The molecule has 1 atom stereocenters. The van der Waals surface area contributed by atoms with Crippen LogP contribution < -0.4 is 9.47 Å². The average molecular weight is 471 g/mol. The van der Waals surface area contributed by atoms with Gasteiger partial charge in [-0.25, -0.2) is 0 Å². The Morgan fingerprint density at radius 3 is 2.65 bits per heavy atom. The van der Waals surface area contributed by atoms with E-state index in [4.69, 9.17) is 18.6 Å². The SMILES string of the molecule is CCOc1ccc([C@@H]2C(C(=O)c3ccco3)=C(O)C(=O)N2CCCN2CCOCC2)cc1OC. The predicted octanol–water partition coefficient (Wildman–Crippen LogP) is 2.99. The van der Waals surface area contributed by atoms with Crippen molar-refractivity contribution in [2.45, 2.75) is 19.4 Å². The van der Waals surface area contributed by atoms with Gasteiger partial charge in [0.2, 0.25) is 5.78 Å². The van der Waals surface area contributed by atoms with Crippen molar-refractivity contribution in [2.75, 3.05) is 53.1 Å². The van der Waals surface area contributed by atoms with Gasteiger partial charge in [0.15, 0.2) is 23.0 Å². The van der Waals surface area contributed by atoms with E-state index in [-0.39, 0.29) is 11.3 Å². The highest BCUT2D eigenvalue weighted by atomic mass is 16.5. The molecule has 182 valence electrons. The molecule has 0 radical (unpaired) electrons. The van der Waals surface area contributed by atoms with E-state index in [9.17, 15) is 14.7 Å². The first kappa shape index (κ1) is 23.8. The van der Waals surface area contributed by atoms with Crippen LogP contribution in [0.5, 0.6) is 11.5 Å². The predicted molar refractivity (Wildman–Crippen MR) is 123 cm³/mol. The summed E-state index contributed by atoms with van der Waals surface area (Å²) in [7, 11) is 1.53. The molecule has 2 aromatic rings. The molecule has 1 fully saturated rings. The van der Waals surface area contributed by atoms with E-state index in [1.165, 1.54) is 19.4 Å². The van der Waals surface area contributed by atoms with Gasteiger partial charge in [-0.3, -0.25) is 14.5 Å². The van der Waals surface area contributed by atoms with E-state index in [1.54, 1.807) is 29.2 Å². The molecule has 1 aromatic carbocycles. The fourth-order valence-corrected chi connectivity index (χ4v) is 4.42. The highest BCUT2D eigenvalue weighted by molar-refractivity contribution is 6.15. The van der Waals surface area contributed by atoms with Crippen LogP contribution in [0.1, 0.15) is 35.5 Å². The number of rotatable bonds is 10. The zero-order valence-electron chi connectivity index (χ0n) is 19.5. The van der Waals surface area contributed by atoms with Crippen LogP contribution in [-0.2, 0) is 9.53 Å². The number of ether oxygens (including phenoxy) is 3. The zero-order valence-corrected chi connectivity index (χ0v) is 19.5. The maximum atomic E-state index is 13.3.